The van der Waals surface area contributed by atoms with Gasteiger partial charge < -0.3 is 5.32 Å². The smallest absolute Gasteiger partial charge is 0.240 e. The van der Waals surface area contributed by atoms with Crippen molar-refractivity contribution in [2.45, 2.75) is 33.1 Å². The van der Waals surface area contributed by atoms with E-state index in [0.717, 1.165) is 16.8 Å². The topological polar surface area (TPSA) is 70.6 Å². The second-order valence-corrected chi connectivity index (χ2v) is 5.96. The van der Waals surface area contributed by atoms with Gasteiger partial charge in [-0.2, -0.15) is 5.10 Å². The molecule has 2 amide bonds. The zero-order valence-electron chi connectivity index (χ0n) is 14.6. The van der Waals surface area contributed by atoms with Crippen molar-refractivity contribution >= 4 is 23.2 Å². The van der Waals surface area contributed by atoms with Crippen LogP contribution in [0.3, 0.4) is 0 Å². The number of anilines is 1. The van der Waals surface area contributed by atoms with Gasteiger partial charge in [-0.15, -0.1) is 0 Å². The van der Waals surface area contributed by atoms with Crippen LogP contribution in [-0.4, -0.2) is 17.5 Å². The van der Waals surface area contributed by atoms with Crippen LogP contribution in [0.15, 0.2) is 59.7 Å². The van der Waals surface area contributed by atoms with Gasteiger partial charge in [0, 0.05) is 17.8 Å². The Morgan fingerprint density at radius 3 is 2.32 bits per heavy atom. The van der Waals surface area contributed by atoms with Crippen LogP contribution in [0.4, 0.5) is 5.69 Å². The van der Waals surface area contributed by atoms with Gasteiger partial charge in [0.1, 0.15) is 0 Å². The molecule has 0 bridgehead atoms. The van der Waals surface area contributed by atoms with Crippen molar-refractivity contribution in [3.8, 4) is 0 Å². The van der Waals surface area contributed by atoms with E-state index >= 15 is 0 Å². The third kappa shape index (κ3) is 6.99. The van der Waals surface area contributed by atoms with Crippen LogP contribution < -0.4 is 10.7 Å². The molecule has 130 valence electrons. The van der Waals surface area contributed by atoms with Gasteiger partial charge in [-0.3, -0.25) is 9.59 Å². The Kier molecular flexibility index (Phi) is 6.89. The summed E-state index contributed by atoms with van der Waals surface area (Å²) in [6, 6.07) is 17.4. The van der Waals surface area contributed by atoms with Crippen molar-refractivity contribution in [3.05, 3.63) is 65.7 Å². The Morgan fingerprint density at radius 1 is 0.960 bits per heavy atom. The van der Waals surface area contributed by atoms with E-state index in [1.54, 1.807) is 6.92 Å². The molecule has 0 unspecified atom stereocenters. The first-order valence-corrected chi connectivity index (χ1v) is 8.25. The molecule has 2 N–H and O–H groups in total. The lowest BCUT2D eigenvalue weighted by Gasteiger charge is -2.06. The molecule has 0 fully saturated rings. The summed E-state index contributed by atoms with van der Waals surface area (Å²) in [5.74, 6) is -0.328. The van der Waals surface area contributed by atoms with Gasteiger partial charge in [0.05, 0.1) is 6.42 Å². The number of benzene rings is 2. The molecule has 0 saturated heterocycles. The lowest BCUT2D eigenvalue weighted by molar-refractivity contribution is -0.121. The number of hydrazone groups is 1. The first kappa shape index (κ1) is 18.4. The Labute approximate surface area is 148 Å². The third-order valence-electron chi connectivity index (χ3n) is 3.61. The molecule has 0 aliphatic heterocycles. The first-order valence-electron chi connectivity index (χ1n) is 8.25. The van der Waals surface area contributed by atoms with Crippen molar-refractivity contribution in [3.63, 3.8) is 0 Å². The molecule has 0 aliphatic carbocycles. The van der Waals surface area contributed by atoms with E-state index in [-0.39, 0.29) is 18.2 Å². The molecule has 5 heteroatoms. The predicted molar refractivity (Wildman–Crippen MR) is 100 cm³/mol. The Hall–Kier alpha value is -2.95. The maximum atomic E-state index is 12.0. The van der Waals surface area contributed by atoms with E-state index in [2.05, 4.69) is 15.8 Å². The molecule has 0 saturated carbocycles. The maximum absolute atomic E-state index is 12.0. The molecular formula is C20H23N3O2. The molecule has 2 rings (SSSR count). The van der Waals surface area contributed by atoms with Gasteiger partial charge >= 0.3 is 0 Å². The first-order chi connectivity index (χ1) is 12.0. The van der Waals surface area contributed by atoms with Gasteiger partial charge in [0.15, 0.2) is 0 Å². The standard InChI is InChI=1S/C20H23N3O2/c1-15-8-11-18(12-9-15)21-20(25)14-16(2)22-23-19(24)13-10-17-6-4-3-5-7-17/h3-9,11-12H,10,13-14H2,1-2H3,(H,21,25)(H,23,24). The van der Waals surface area contributed by atoms with E-state index in [0.29, 0.717) is 18.6 Å². The Morgan fingerprint density at radius 2 is 1.64 bits per heavy atom. The number of carbonyl (C=O) groups is 2. The van der Waals surface area contributed by atoms with Crippen molar-refractivity contribution in [1.82, 2.24) is 5.43 Å². The summed E-state index contributed by atoms with van der Waals surface area (Å²) in [6.07, 6.45) is 1.15. The lowest BCUT2D eigenvalue weighted by atomic mass is 10.1. The minimum absolute atomic E-state index is 0.132. The summed E-state index contributed by atoms with van der Waals surface area (Å²) in [6.45, 7) is 3.70. The van der Waals surface area contributed by atoms with Crippen LogP contribution in [0.2, 0.25) is 0 Å². The fraction of sp³-hybridized carbons (Fsp3) is 0.250. The van der Waals surface area contributed by atoms with Gasteiger partial charge in [0.2, 0.25) is 11.8 Å². The number of nitrogens with one attached hydrogen (secondary N) is 2. The van der Waals surface area contributed by atoms with Crippen molar-refractivity contribution < 1.29 is 9.59 Å². The van der Waals surface area contributed by atoms with E-state index < -0.39 is 0 Å². The second-order valence-electron chi connectivity index (χ2n) is 5.96. The molecule has 25 heavy (non-hydrogen) atoms. The van der Waals surface area contributed by atoms with Crippen molar-refractivity contribution in [2.75, 3.05) is 5.32 Å². The van der Waals surface area contributed by atoms with Crippen LogP contribution in [0, 0.1) is 6.92 Å². The number of rotatable bonds is 7. The Bertz CT molecular complexity index is 737. The van der Waals surface area contributed by atoms with Crippen LogP contribution in [0.5, 0.6) is 0 Å². The highest BCUT2D eigenvalue weighted by molar-refractivity contribution is 6.05. The van der Waals surface area contributed by atoms with Crippen LogP contribution in [-0.2, 0) is 16.0 Å². The predicted octanol–water partition coefficient (Wildman–Crippen LogP) is 3.45. The van der Waals surface area contributed by atoms with E-state index in [1.165, 1.54) is 0 Å². The molecule has 0 atom stereocenters. The summed E-state index contributed by atoms with van der Waals surface area (Å²) >= 11 is 0. The van der Waals surface area contributed by atoms with E-state index in [4.69, 9.17) is 0 Å². The zero-order chi connectivity index (χ0) is 18.1. The largest absolute Gasteiger partial charge is 0.326 e. The molecule has 0 heterocycles. The number of aryl methyl sites for hydroxylation is 2. The average molecular weight is 337 g/mol. The SMILES string of the molecule is CC(CC(=O)Nc1ccc(C)cc1)=NNC(=O)CCc1ccccc1. The second kappa shape index (κ2) is 9.37. The molecular weight excluding hydrogens is 314 g/mol. The minimum atomic E-state index is -0.165. The molecule has 0 radical (unpaired) electrons. The number of carbonyl (C=O) groups excluding carboxylic acids is 2. The van der Waals surface area contributed by atoms with Gasteiger partial charge in [-0.25, -0.2) is 5.43 Å². The van der Waals surface area contributed by atoms with Gasteiger partial charge in [0.25, 0.3) is 0 Å². The average Bonchev–Trinajstić information content (AvgIpc) is 2.61. The number of hydrogen-bond acceptors (Lipinski definition) is 3. The van der Waals surface area contributed by atoms with E-state index in [9.17, 15) is 9.59 Å². The van der Waals surface area contributed by atoms with Gasteiger partial charge in [-0.05, 0) is 38.0 Å². The van der Waals surface area contributed by atoms with Crippen LogP contribution in [0.1, 0.15) is 30.9 Å². The summed E-state index contributed by atoms with van der Waals surface area (Å²) in [5, 5.41) is 6.79. The fourth-order valence-corrected chi connectivity index (χ4v) is 2.23. The summed E-state index contributed by atoms with van der Waals surface area (Å²) in [5.41, 5.74) is 6.04. The highest BCUT2D eigenvalue weighted by atomic mass is 16.2. The molecule has 5 nitrogen and oxygen atoms in total. The zero-order valence-corrected chi connectivity index (χ0v) is 14.6. The maximum Gasteiger partial charge on any atom is 0.240 e. The normalized spacial score (nSPS) is 11.0. The highest BCUT2D eigenvalue weighted by Crippen LogP contribution is 2.09. The van der Waals surface area contributed by atoms with Crippen LogP contribution in [0.25, 0.3) is 0 Å². The summed E-state index contributed by atoms with van der Waals surface area (Å²) in [7, 11) is 0. The lowest BCUT2D eigenvalue weighted by Crippen LogP contribution is -2.21. The molecule has 2 aromatic carbocycles. The highest BCUT2D eigenvalue weighted by Gasteiger charge is 2.06. The Balaban J connectivity index is 1.73. The molecule has 0 aromatic heterocycles. The number of nitrogens with zero attached hydrogens (tertiary/aromatic N) is 1. The minimum Gasteiger partial charge on any atom is -0.326 e. The van der Waals surface area contributed by atoms with Crippen molar-refractivity contribution in [2.24, 2.45) is 5.10 Å². The monoisotopic (exact) mass is 337 g/mol. The fourth-order valence-electron chi connectivity index (χ4n) is 2.23. The number of hydrogen-bond donors (Lipinski definition) is 2. The van der Waals surface area contributed by atoms with Crippen molar-refractivity contribution in [1.29, 1.82) is 0 Å². The third-order valence-corrected chi connectivity index (χ3v) is 3.61. The van der Waals surface area contributed by atoms with Crippen LogP contribution >= 0.6 is 0 Å². The summed E-state index contributed by atoms with van der Waals surface area (Å²) < 4.78 is 0. The summed E-state index contributed by atoms with van der Waals surface area (Å²) in [4.78, 5) is 23.8. The number of amides is 2. The molecule has 2 aromatic rings. The molecule has 0 spiro atoms. The molecule has 0 aliphatic rings. The van der Waals surface area contributed by atoms with Gasteiger partial charge in [-0.1, -0.05) is 48.0 Å². The quantitative estimate of drug-likeness (QED) is 0.600. The van der Waals surface area contributed by atoms with E-state index in [1.807, 2.05) is 61.5 Å².